The van der Waals surface area contributed by atoms with E-state index in [-0.39, 0.29) is 12.4 Å². The molecule has 0 unspecified atom stereocenters. The molecule has 1 aliphatic rings. The third kappa shape index (κ3) is 3.93. The van der Waals surface area contributed by atoms with Crippen LogP contribution in [0.4, 0.5) is 0 Å². The zero-order valence-electron chi connectivity index (χ0n) is 13.0. The molecule has 1 aliphatic heterocycles. The summed E-state index contributed by atoms with van der Waals surface area (Å²) in [6.07, 6.45) is 0. The van der Waals surface area contributed by atoms with Gasteiger partial charge in [-0.15, -0.1) is 12.4 Å². The highest BCUT2D eigenvalue weighted by Crippen LogP contribution is 2.32. The molecule has 0 fully saturated rings. The second-order valence-corrected chi connectivity index (χ2v) is 5.69. The standard InChI is InChI=1S/C18H21NO2.ClH/c1-13(2)16-6-3-14(4-7-16)10-19-11-15-5-8-17-18(9-15)21-12-20-17;/h3-9,13,19H,10-12H2,1-2H3;1H. The summed E-state index contributed by atoms with van der Waals surface area (Å²) in [6.45, 7) is 6.45. The molecule has 2 aromatic rings. The Kier molecular flexibility index (Phi) is 5.69. The van der Waals surface area contributed by atoms with E-state index >= 15 is 0 Å². The molecule has 0 aliphatic carbocycles. The predicted octanol–water partition coefficient (Wildman–Crippen LogP) is 4.25. The molecule has 2 aromatic carbocycles. The van der Waals surface area contributed by atoms with E-state index in [1.165, 1.54) is 16.7 Å². The van der Waals surface area contributed by atoms with Crippen LogP contribution in [-0.2, 0) is 13.1 Å². The Morgan fingerprint density at radius 2 is 1.55 bits per heavy atom. The van der Waals surface area contributed by atoms with Gasteiger partial charge in [0, 0.05) is 13.1 Å². The molecular weight excluding hydrogens is 298 g/mol. The van der Waals surface area contributed by atoms with Crippen molar-refractivity contribution < 1.29 is 9.47 Å². The van der Waals surface area contributed by atoms with Gasteiger partial charge in [0.2, 0.25) is 6.79 Å². The molecular formula is C18H22ClNO2. The topological polar surface area (TPSA) is 30.5 Å². The largest absolute Gasteiger partial charge is 0.454 e. The van der Waals surface area contributed by atoms with Crippen LogP contribution in [0, 0.1) is 0 Å². The molecule has 0 saturated carbocycles. The number of hydrogen-bond acceptors (Lipinski definition) is 3. The average molecular weight is 320 g/mol. The number of benzene rings is 2. The van der Waals surface area contributed by atoms with E-state index in [9.17, 15) is 0 Å². The lowest BCUT2D eigenvalue weighted by molar-refractivity contribution is 0.174. The quantitative estimate of drug-likeness (QED) is 0.893. The van der Waals surface area contributed by atoms with Crippen molar-refractivity contribution in [2.45, 2.75) is 32.9 Å². The molecule has 1 heterocycles. The van der Waals surface area contributed by atoms with Crippen molar-refractivity contribution >= 4 is 12.4 Å². The zero-order valence-corrected chi connectivity index (χ0v) is 13.8. The maximum absolute atomic E-state index is 5.39. The highest BCUT2D eigenvalue weighted by Gasteiger charge is 2.12. The molecule has 0 saturated heterocycles. The molecule has 0 bridgehead atoms. The lowest BCUT2D eigenvalue weighted by Gasteiger charge is -2.08. The summed E-state index contributed by atoms with van der Waals surface area (Å²) in [5.74, 6) is 2.26. The lowest BCUT2D eigenvalue weighted by Crippen LogP contribution is -2.12. The minimum Gasteiger partial charge on any atom is -0.454 e. The summed E-state index contributed by atoms with van der Waals surface area (Å²) in [5, 5.41) is 3.46. The Balaban J connectivity index is 0.00000176. The van der Waals surface area contributed by atoms with Crippen LogP contribution in [0.2, 0.25) is 0 Å². The Labute approximate surface area is 138 Å². The lowest BCUT2D eigenvalue weighted by atomic mass is 10.0. The minimum absolute atomic E-state index is 0. The summed E-state index contributed by atoms with van der Waals surface area (Å²) in [4.78, 5) is 0. The van der Waals surface area contributed by atoms with Crippen molar-refractivity contribution in [2.75, 3.05) is 6.79 Å². The van der Waals surface area contributed by atoms with E-state index in [1.807, 2.05) is 12.1 Å². The van der Waals surface area contributed by atoms with Gasteiger partial charge in [-0.3, -0.25) is 0 Å². The van der Waals surface area contributed by atoms with Gasteiger partial charge in [0.1, 0.15) is 0 Å². The van der Waals surface area contributed by atoms with Gasteiger partial charge < -0.3 is 14.8 Å². The van der Waals surface area contributed by atoms with Gasteiger partial charge in [0.05, 0.1) is 0 Å². The SMILES string of the molecule is CC(C)c1ccc(CNCc2ccc3c(c2)OCO3)cc1.Cl. The highest BCUT2D eigenvalue weighted by molar-refractivity contribution is 5.85. The Morgan fingerprint density at radius 3 is 2.27 bits per heavy atom. The van der Waals surface area contributed by atoms with E-state index in [2.05, 4.69) is 49.5 Å². The smallest absolute Gasteiger partial charge is 0.231 e. The molecule has 0 spiro atoms. The van der Waals surface area contributed by atoms with Gasteiger partial charge in [-0.25, -0.2) is 0 Å². The first kappa shape index (κ1) is 16.7. The minimum atomic E-state index is 0. The molecule has 4 heteroatoms. The molecule has 0 atom stereocenters. The number of ether oxygens (including phenoxy) is 2. The normalized spacial score (nSPS) is 12.3. The second-order valence-electron chi connectivity index (χ2n) is 5.69. The number of hydrogen-bond donors (Lipinski definition) is 1. The summed E-state index contributed by atoms with van der Waals surface area (Å²) in [7, 11) is 0. The van der Waals surface area contributed by atoms with Crippen LogP contribution >= 0.6 is 12.4 Å². The summed E-state index contributed by atoms with van der Waals surface area (Å²) in [6, 6.07) is 14.9. The van der Waals surface area contributed by atoms with Gasteiger partial charge in [0.15, 0.2) is 11.5 Å². The van der Waals surface area contributed by atoms with Crippen LogP contribution < -0.4 is 14.8 Å². The molecule has 0 amide bonds. The number of halogens is 1. The molecule has 118 valence electrons. The first-order chi connectivity index (χ1) is 10.2. The molecule has 1 N–H and O–H groups in total. The van der Waals surface area contributed by atoms with Gasteiger partial charge >= 0.3 is 0 Å². The Morgan fingerprint density at radius 1 is 0.909 bits per heavy atom. The number of rotatable bonds is 5. The maximum atomic E-state index is 5.39. The Hall–Kier alpha value is -1.71. The van der Waals surface area contributed by atoms with E-state index in [1.54, 1.807) is 0 Å². The molecule has 0 radical (unpaired) electrons. The highest BCUT2D eigenvalue weighted by atomic mass is 35.5. The van der Waals surface area contributed by atoms with Gasteiger partial charge in [-0.2, -0.15) is 0 Å². The van der Waals surface area contributed by atoms with Crippen LogP contribution in [0.3, 0.4) is 0 Å². The molecule has 3 nitrogen and oxygen atoms in total. The monoisotopic (exact) mass is 319 g/mol. The fraction of sp³-hybridized carbons (Fsp3) is 0.333. The number of fused-ring (bicyclic) bond motifs is 1. The molecule has 3 rings (SSSR count). The van der Waals surface area contributed by atoms with Crippen molar-refractivity contribution in [2.24, 2.45) is 0 Å². The first-order valence-corrected chi connectivity index (χ1v) is 7.40. The van der Waals surface area contributed by atoms with Gasteiger partial charge in [-0.1, -0.05) is 44.2 Å². The van der Waals surface area contributed by atoms with Crippen molar-refractivity contribution in [1.82, 2.24) is 5.32 Å². The van der Waals surface area contributed by atoms with Crippen LogP contribution in [0.5, 0.6) is 11.5 Å². The maximum Gasteiger partial charge on any atom is 0.231 e. The van der Waals surface area contributed by atoms with E-state index in [4.69, 9.17) is 9.47 Å². The molecule has 22 heavy (non-hydrogen) atoms. The molecule has 0 aromatic heterocycles. The van der Waals surface area contributed by atoms with Gasteiger partial charge in [0.25, 0.3) is 0 Å². The second kappa shape index (κ2) is 7.52. The van der Waals surface area contributed by atoms with Crippen LogP contribution in [0.25, 0.3) is 0 Å². The van der Waals surface area contributed by atoms with Crippen molar-refractivity contribution in [1.29, 1.82) is 0 Å². The zero-order chi connectivity index (χ0) is 14.7. The summed E-state index contributed by atoms with van der Waals surface area (Å²) < 4.78 is 10.7. The third-order valence-electron chi connectivity index (χ3n) is 3.74. The van der Waals surface area contributed by atoms with Crippen molar-refractivity contribution in [3.63, 3.8) is 0 Å². The number of nitrogens with one attached hydrogen (secondary N) is 1. The van der Waals surface area contributed by atoms with Crippen LogP contribution in [-0.4, -0.2) is 6.79 Å². The third-order valence-corrected chi connectivity index (χ3v) is 3.74. The average Bonchev–Trinajstić information content (AvgIpc) is 2.95. The fourth-order valence-electron chi connectivity index (χ4n) is 2.42. The van der Waals surface area contributed by atoms with Crippen molar-refractivity contribution in [3.05, 3.63) is 59.2 Å². The van der Waals surface area contributed by atoms with Crippen molar-refractivity contribution in [3.8, 4) is 11.5 Å². The first-order valence-electron chi connectivity index (χ1n) is 7.40. The van der Waals surface area contributed by atoms with E-state index < -0.39 is 0 Å². The predicted molar refractivity (Wildman–Crippen MR) is 90.9 cm³/mol. The fourth-order valence-corrected chi connectivity index (χ4v) is 2.42. The van der Waals surface area contributed by atoms with Crippen LogP contribution in [0.1, 0.15) is 36.5 Å². The summed E-state index contributed by atoms with van der Waals surface area (Å²) in [5.41, 5.74) is 3.90. The Bertz CT molecular complexity index is 611. The van der Waals surface area contributed by atoms with E-state index in [0.717, 1.165) is 24.6 Å². The van der Waals surface area contributed by atoms with Gasteiger partial charge in [-0.05, 0) is 34.7 Å². The van der Waals surface area contributed by atoms with Crippen LogP contribution in [0.15, 0.2) is 42.5 Å². The van der Waals surface area contributed by atoms with E-state index in [0.29, 0.717) is 12.7 Å². The summed E-state index contributed by atoms with van der Waals surface area (Å²) >= 11 is 0.